The van der Waals surface area contributed by atoms with Crippen molar-refractivity contribution in [3.63, 3.8) is 0 Å². The first-order chi connectivity index (χ1) is 8.04. The van der Waals surface area contributed by atoms with Gasteiger partial charge in [0, 0.05) is 11.4 Å². The van der Waals surface area contributed by atoms with E-state index in [4.69, 9.17) is 5.14 Å². The lowest BCUT2D eigenvalue weighted by Crippen LogP contribution is -2.09. The largest absolute Gasteiger partial charge is 0.316 e. The molecule has 4 nitrogen and oxygen atoms in total. The predicted molar refractivity (Wildman–Crippen MR) is 68.1 cm³/mol. The second kappa shape index (κ2) is 3.91. The van der Waals surface area contributed by atoms with E-state index in [0.29, 0.717) is 11.8 Å². The number of rotatable bonds is 2. The molecular weight excluding hydrogens is 256 g/mol. The van der Waals surface area contributed by atoms with E-state index in [1.54, 1.807) is 6.07 Å². The molecule has 1 aromatic rings. The molecule has 0 spiro atoms. The molecule has 92 valence electrons. The molecule has 0 amide bonds. The number of hydrogen-bond acceptors (Lipinski definition) is 4. The minimum atomic E-state index is -3.55. The molecule has 1 aliphatic carbocycles. The van der Waals surface area contributed by atoms with Crippen molar-refractivity contribution < 1.29 is 8.42 Å². The van der Waals surface area contributed by atoms with Gasteiger partial charge in [0.25, 0.3) is 0 Å². The monoisotopic (exact) mass is 270 g/mol. The highest BCUT2D eigenvalue weighted by molar-refractivity contribution is 7.91. The Morgan fingerprint density at radius 1 is 1.35 bits per heavy atom. The molecule has 1 aliphatic heterocycles. The van der Waals surface area contributed by atoms with Gasteiger partial charge in [-0.25, -0.2) is 13.6 Å². The number of primary sulfonamides is 1. The smallest absolute Gasteiger partial charge is 0.247 e. The summed E-state index contributed by atoms with van der Waals surface area (Å²) in [5, 5.41) is 8.48. The maximum Gasteiger partial charge on any atom is 0.247 e. The van der Waals surface area contributed by atoms with Gasteiger partial charge in [0.1, 0.15) is 4.21 Å². The van der Waals surface area contributed by atoms with Gasteiger partial charge < -0.3 is 5.32 Å². The topological polar surface area (TPSA) is 72.2 Å². The fourth-order valence-electron chi connectivity index (χ4n) is 2.61. The van der Waals surface area contributed by atoms with Crippen molar-refractivity contribution in [3.8, 4) is 0 Å². The number of nitrogens with two attached hydrogens (primary N) is 1. The molecule has 1 fully saturated rings. The van der Waals surface area contributed by atoms with E-state index in [1.165, 1.54) is 16.9 Å². The fourth-order valence-corrected chi connectivity index (χ4v) is 4.37. The molecule has 17 heavy (non-hydrogen) atoms. The molecule has 2 aliphatic rings. The predicted octanol–water partition coefficient (Wildman–Crippen LogP) is 1.02. The highest BCUT2D eigenvalue weighted by Gasteiger charge is 2.32. The van der Waals surface area contributed by atoms with Crippen molar-refractivity contribution in [2.24, 2.45) is 17.0 Å². The number of hydrogen-bond donors (Lipinski definition) is 2. The van der Waals surface area contributed by atoms with Crippen LogP contribution in [0.4, 0.5) is 0 Å². The van der Waals surface area contributed by atoms with Crippen molar-refractivity contribution in [2.75, 3.05) is 13.1 Å². The zero-order valence-electron chi connectivity index (χ0n) is 9.22. The van der Waals surface area contributed by atoms with E-state index in [0.717, 1.165) is 24.4 Å². The average Bonchev–Trinajstić information content (AvgIpc) is 2.90. The third kappa shape index (κ3) is 2.06. The molecule has 1 aromatic heterocycles. The van der Waals surface area contributed by atoms with Gasteiger partial charge in [-0.3, -0.25) is 0 Å². The van der Waals surface area contributed by atoms with Gasteiger partial charge in [-0.15, -0.1) is 11.3 Å². The molecule has 3 rings (SSSR count). The van der Waals surface area contributed by atoms with Gasteiger partial charge in [-0.1, -0.05) is 6.08 Å². The SMILES string of the molecule is NS(=O)(=O)c1ccc(C2=C[C@H]3CNC[C@H]3C2)s1. The number of sulfonamides is 1. The minimum Gasteiger partial charge on any atom is -0.316 e. The average molecular weight is 270 g/mol. The van der Waals surface area contributed by atoms with Crippen LogP contribution in [0.15, 0.2) is 22.4 Å². The first-order valence-corrected chi connectivity index (χ1v) is 7.95. The van der Waals surface area contributed by atoms with Crippen LogP contribution >= 0.6 is 11.3 Å². The Bertz CT molecular complexity index is 574. The normalized spacial score (nSPS) is 28.2. The Labute approximate surface area is 105 Å². The molecule has 6 heteroatoms. The van der Waals surface area contributed by atoms with Crippen LogP contribution in [0.5, 0.6) is 0 Å². The summed E-state index contributed by atoms with van der Waals surface area (Å²) in [6.07, 6.45) is 3.33. The van der Waals surface area contributed by atoms with Crippen LogP contribution in [0.2, 0.25) is 0 Å². The Hall–Kier alpha value is -0.690. The summed E-state index contributed by atoms with van der Waals surface area (Å²) in [7, 11) is -3.55. The van der Waals surface area contributed by atoms with Crippen LogP contribution in [-0.2, 0) is 10.0 Å². The van der Waals surface area contributed by atoms with E-state index in [1.807, 2.05) is 6.07 Å². The van der Waals surface area contributed by atoms with Crippen molar-refractivity contribution in [1.82, 2.24) is 5.32 Å². The third-order valence-electron chi connectivity index (χ3n) is 3.47. The third-order valence-corrected chi connectivity index (χ3v) is 6.07. The lowest BCUT2D eigenvalue weighted by Gasteiger charge is -2.04. The fraction of sp³-hybridized carbons (Fsp3) is 0.455. The van der Waals surface area contributed by atoms with Crippen LogP contribution in [0, 0.1) is 11.8 Å². The highest BCUT2D eigenvalue weighted by Crippen LogP contribution is 2.40. The van der Waals surface area contributed by atoms with E-state index in [2.05, 4.69) is 11.4 Å². The number of allylic oxidation sites excluding steroid dienone is 1. The zero-order valence-corrected chi connectivity index (χ0v) is 10.9. The van der Waals surface area contributed by atoms with Gasteiger partial charge in [0.05, 0.1) is 0 Å². The Kier molecular flexibility index (Phi) is 2.62. The van der Waals surface area contributed by atoms with Gasteiger partial charge in [0.15, 0.2) is 0 Å². The molecule has 1 saturated heterocycles. The molecule has 2 heterocycles. The lowest BCUT2D eigenvalue weighted by atomic mass is 10.00. The molecular formula is C11H14N2O2S2. The molecule has 0 unspecified atom stereocenters. The van der Waals surface area contributed by atoms with Crippen molar-refractivity contribution >= 4 is 26.9 Å². The maximum atomic E-state index is 11.2. The van der Waals surface area contributed by atoms with Gasteiger partial charge in [-0.2, -0.15) is 0 Å². The molecule has 3 N–H and O–H groups in total. The first kappa shape index (κ1) is 11.4. The maximum absolute atomic E-state index is 11.2. The number of nitrogens with one attached hydrogen (secondary N) is 1. The van der Waals surface area contributed by atoms with Crippen molar-refractivity contribution in [2.45, 2.75) is 10.6 Å². The second-order valence-corrected chi connectivity index (χ2v) is 7.51. The van der Waals surface area contributed by atoms with Crippen LogP contribution in [-0.4, -0.2) is 21.5 Å². The molecule has 2 atom stereocenters. The Balaban J connectivity index is 1.89. The Morgan fingerprint density at radius 2 is 2.18 bits per heavy atom. The quantitative estimate of drug-likeness (QED) is 0.842. The molecule has 0 aromatic carbocycles. The van der Waals surface area contributed by atoms with Crippen LogP contribution < -0.4 is 10.5 Å². The first-order valence-electron chi connectivity index (χ1n) is 5.58. The van der Waals surface area contributed by atoms with E-state index in [9.17, 15) is 8.42 Å². The van der Waals surface area contributed by atoms with E-state index in [-0.39, 0.29) is 4.21 Å². The van der Waals surface area contributed by atoms with Crippen molar-refractivity contribution in [3.05, 3.63) is 23.1 Å². The van der Waals surface area contributed by atoms with Gasteiger partial charge in [0.2, 0.25) is 10.0 Å². The minimum absolute atomic E-state index is 0.253. The summed E-state index contributed by atoms with van der Waals surface area (Å²) in [5.41, 5.74) is 1.28. The van der Waals surface area contributed by atoms with E-state index < -0.39 is 10.0 Å². The van der Waals surface area contributed by atoms with Crippen LogP contribution in [0.3, 0.4) is 0 Å². The summed E-state index contributed by atoms with van der Waals surface area (Å²) in [6.45, 7) is 2.11. The lowest BCUT2D eigenvalue weighted by molar-refractivity contribution is 0.536. The highest BCUT2D eigenvalue weighted by atomic mass is 32.2. The summed E-state index contributed by atoms with van der Waals surface area (Å²) in [4.78, 5) is 1.04. The summed E-state index contributed by atoms with van der Waals surface area (Å²) >= 11 is 1.27. The summed E-state index contributed by atoms with van der Waals surface area (Å²) in [5.74, 6) is 1.30. The number of fused-ring (bicyclic) bond motifs is 1. The van der Waals surface area contributed by atoms with Gasteiger partial charge >= 0.3 is 0 Å². The summed E-state index contributed by atoms with van der Waals surface area (Å²) < 4.78 is 22.7. The molecule has 0 radical (unpaired) electrons. The molecule has 0 saturated carbocycles. The number of thiophene rings is 1. The van der Waals surface area contributed by atoms with Crippen LogP contribution in [0.1, 0.15) is 11.3 Å². The summed E-state index contributed by atoms with van der Waals surface area (Å²) in [6, 6.07) is 3.47. The Morgan fingerprint density at radius 3 is 2.82 bits per heavy atom. The zero-order chi connectivity index (χ0) is 12.0. The van der Waals surface area contributed by atoms with Gasteiger partial charge in [-0.05, 0) is 42.5 Å². The standard InChI is InChI=1S/C11H14N2O2S2/c12-17(14,15)11-2-1-10(16-11)7-3-8-5-13-6-9(8)4-7/h1-3,8-9,13H,4-6H2,(H2,12,14,15)/t8-,9+/m0/s1. The second-order valence-electron chi connectivity index (χ2n) is 4.64. The molecule has 0 bridgehead atoms. The van der Waals surface area contributed by atoms with Crippen LogP contribution in [0.25, 0.3) is 5.57 Å². The van der Waals surface area contributed by atoms with E-state index >= 15 is 0 Å². The van der Waals surface area contributed by atoms with Crippen molar-refractivity contribution in [1.29, 1.82) is 0 Å².